The molecule has 0 atom stereocenters. The molecular weight excluding hydrogens is 1560 g/mol. The lowest BCUT2D eigenvalue weighted by molar-refractivity contribution is 0.662. The van der Waals surface area contributed by atoms with E-state index in [1.807, 2.05) is 12.1 Å². The summed E-state index contributed by atoms with van der Waals surface area (Å²) in [4.78, 5) is 9.53. The predicted molar refractivity (Wildman–Crippen MR) is 534 cm³/mol. The number of nitrogens with zero attached hydrogens (tertiary/aromatic N) is 4. The molecule has 26 rings (SSSR count). The summed E-state index contributed by atoms with van der Waals surface area (Å²) >= 11 is 0. The molecule has 0 aliphatic heterocycles. The molecule has 0 unspecified atom stereocenters. The van der Waals surface area contributed by atoms with Crippen molar-refractivity contribution in [2.75, 3.05) is 19.6 Å². The van der Waals surface area contributed by atoms with Gasteiger partial charge in [0.2, 0.25) is 0 Å². The van der Waals surface area contributed by atoms with Crippen molar-refractivity contribution < 1.29 is 17.7 Å². The Balaban J connectivity index is 0.569. The monoisotopic (exact) mass is 1640 g/mol. The highest BCUT2D eigenvalue weighted by Gasteiger charge is 2.39. The number of fused-ring (bicyclic) bond motifs is 22. The van der Waals surface area contributed by atoms with E-state index < -0.39 is 0 Å². The second-order valence-electron chi connectivity index (χ2n) is 36.0. The highest BCUT2D eigenvalue weighted by molar-refractivity contribution is 6.17. The molecule has 2 aliphatic carbocycles. The van der Waals surface area contributed by atoms with E-state index in [0.29, 0.717) is 0 Å². The lowest BCUT2D eigenvalue weighted by atomic mass is 9.81. The van der Waals surface area contributed by atoms with Gasteiger partial charge in [-0.05, 0) is 318 Å². The lowest BCUT2D eigenvalue weighted by Gasteiger charge is -2.28. The van der Waals surface area contributed by atoms with Crippen molar-refractivity contribution in [2.45, 2.75) is 52.4 Å². The van der Waals surface area contributed by atoms with Crippen LogP contribution in [0.15, 0.2) is 406 Å². The molecule has 0 radical (unpaired) electrons. The number of rotatable bonds is 13. The summed E-state index contributed by atoms with van der Waals surface area (Å²) in [6.07, 6.45) is 0. The molecule has 4 aromatic heterocycles. The minimum Gasteiger partial charge on any atom is -0.454 e. The Bertz CT molecular complexity index is 8850. The first kappa shape index (κ1) is 73.4. The van der Waals surface area contributed by atoms with Gasteiger partial charge in [0.1, 0.15) is 22.3 Å². The van der Waals surface area contributed by atoms with Crippen LogP contribution in [0.1, 0.15) is 61.1 Å². The smallest absolute Gasteiger partial charge is 0.159 e. The summed E-state index contributed by atoms with van der Waals surface area (Å²) in [6.45, 7) is 14.0. The first-order valence-corrected chi connectivity index (χ1v) is 44.2. The average molecular weight is 1640 g/mol. The Morgan fingerprint density at radius 3 is 0.891 bits per heavy atom. The van der Waals surface area contributed by atoms with E-state index in [9.17, 15) is 0 Å². The van der Waals surface area contributed by atoms with Gasteiger partial charge in [0.15, 0.2) is 22.3 Å². The number of aryl methyl sites for hydroxylation is 2. The van der Waals surface area contributed by atoms with Crippen LogP contribution in [0.25, 0.3) is 164 Å². The maximum Gasteiger partial charge on any atom is 0.159 e. The van der Waals surface area contributed by atoms with Crippen LogP contribution >= 0.6 is 0 Å². The van der Waals surface area contributed by atoms with E-state index in [-0.39, 0.29) is 10.8 Å². The molecular formula is C120H82N4O4. The van der Waals surface area contributed by atoms with E-state index in [0.717, 1.165) is 183 Å². The summed E-state index contributed by atoms with van der Waals surface area (Å²) in [5, 5.41) is 18.0. The molecule has 0 fully saturated rings. The quantitative estimate of drug-likeness (QED) is 0.113. The summed E-state index contributed by atoms with van der Waals surface area (Å²) < 4.78 is 27.6. The van der Waals surface area contributed by atoms with Gasteiger partial charge >= 0.3 is 0 Å². The van der Waals surface area contributed by atoms with Crippen molar-refractivity contribution in [3.8, 4) is 33.4 Å². The molecule has 2 aliphatic rings. The number of hydrogen-bond donors (Lipinski definition) is 0. The van der Waals surface area contributed by atoms with Crippen LogP contribution in [0.4, 0.5) is 68.2 Å². The fourth-order valence-corrected chi connectivity index (χ4v) is 21.5. The fourth-order valence-electron chi connectivity index (χ4n) is 21.5. The summed E-state index contributed by atoms with van der Waals surface area (Å²) in [5.74, 6) is 0. The van der Waals surface area contributed by atoms with Crippen LogP contribution in [0.2, 0.25) is 0 Å². The third kappa shape index (κ3) is 11.1. The van der Waals surface area contributed by atoms with Crippen LogP contribution in [0.5, 0.6) is 0 Å². The van der Waals surface area contributed by atoms with Gasteiger partial charge < -0.3 is 37.3 Å². The molecule has 8 heteroatoms. The highest BCUT2D eigenvalue weighted by Crippen LogP contribution is 2.57. The number of para-hydroxylation sites is 10. The molecule has 20 aromatic carbocycles. The normalized spacial score (nSPS) is 13.2. The van der Waals surface area contributed by atoms with E-state index in [2.05, 4.69) is 437 Å². The second kappa shape index (κ2) is 27.7. The lowest BCUT2D eigenvalue weighted by Crippen LogP contribution is -2.15. The zero-order valence-electron chi connectivity index (χ0n) is 71.4. The van der Waals surface area contributed by atoms with Gasteiger partial charge in [0.25, 0.3) is 0 Å². The molecule has 606 valence electrons. The Morgan fingerprint density at radius 2 is 0.500 bits per heavy atom. The number of hydrogen-bond acceptors (Lipinski definition) is 8. The number of furan rings is 4. The van der Waals surface area contributed by atoms with Crippen LogP contribution in [-0.4, -0.2) is 0 Å². The molecule has 0 bridgehead atoms. The molecule has 0 amide bonds. The SMILES string of the molecule is Cc1ccccc1N(c1ccc2cc3c(cc2c1)C(C)(C)c1cc2cc(N(c4ccc(-c5cc(N(c6ccccc6)c6ccc7cc8c(cc7c6)C(C)(C)c6cc7cc(N(c9ccccc9)c9cccc%10c9oc9ccccc9%10)ccc7cc6-8)c6oc7ccccc7c6c5)cc4C)c4cccc5c4oc4ccccc45)ccc2cc1-3)c1cccc2c1oc1ccccc12. The second-order valence-corrected chi connectivity index (χ2v) is 36.0. The minimum absolute atomic E-state index is 0.327. The minimum atomic E-state index is -0.333. The van der Waals surface area contributed by atoms with Crippen molar-refractivity contribution in [2.24, 2.45) is 0 Å². The third-order valence-corrected chi connectivity index (χ3v) is 27.9. The van der Waals surface area contributed by atoms with Crippen LogP contribution in [0.3, 0.4) is 0 Å². The third-order valence-electron chi connectivity index (χ3n) is 27.9. The van der Waals surface area contributed by atoms with Crippen molar-refractivity contribution in [1.82, 2.24) is 0 Å². The van der Waals surface area contributed by atoms with Gasteiger partial charge in [-0.3, -0.25) is 0 Å². The molecule has 0 N–H and O–H groups in total. The first-order chi connectivity index (χ1) is 62.7. The maximum absolute atomic E-state index is 7.15. The Kier molecular flexibility index (Phi) is 15.9. The summed E-state index contributed by atoms with van der Waals surface area (Å²) in [5.41, 5.74) is 33.1. The van der Waals surface area contributed by atoms with Gasteiger partial charge in [-0.1, -0.05) is 222 Å². The summed E-state index contributed by atoms with van der Waals surface area (Å²) in [6, 6.07) is 142. The molecule has 24 aromatic rings. The maximum atomic E-state index is 7.15. The van der Waals surface area contributed by atoms with Crippen molar-refractivity contribution in [3.05, 3.63) is 422 Å². The highest BCUT2D eigenvalue weighted by atomic mass is 16.3. The molecule has 128 heavy (non-hydrogen) atoms. The van der Waals surface area contributed by atoms with Crippen molar-refractivity contribution >= 4 is 199 Å². The van der Waals surface area contributed by atoms with E-state index in [1.54, 1.807) is 0 Å². The number of benzene rings is 20. The van der Waals surface area contributed by atoms with Crippen molar-refractivity contribution in [3.63, 3.8) is 0 Å². The van der Waals surface area contributed by atoms with E-state index in [1.165, 1.54) is 82.4 Å². The Hall–Kier alpha value is -16.2. The van der Waals surface area contributed by atoms with E-state index in [4.69, 9.17) is 17.7 Å². The van der Waals surface area contributed by atoms with Crippen LogP contribution in [0, 0.1) is 13.8 Å². The molecule has 0 spiro atoms. The molecule has 0 saturated carbocycles. The van der Waals surface area contributed by atoms with Crippen LogP contribution in [-0.2, 0) is 10.8 Å². The molecule has 8 nitrogen and oxygen atoms in total. The van der Waals surface area contributed by atoms with Gasteiger partial charge in [-0.2, -0.15) is 0 Å². The van der Waals surface area contributed by atoms with Gasteiger partial charge in [0, 0.05) is 99.4 Å². The largest absolute Gasteiger partial charge is 0.454 e. The zero-order chi connectivity index (χ0) is 85.1. The van der Waals surface area contributed by atoms with Crippen molar-refractivity contribution in [1.29, 1.82) is 0 Å². The first-order valence-electron chi connectivity index (χ1n) is 44.2. The fraction of sp³-hybridized carbons (Fsp3) is 0.0667. The standard InChI is InChI=1S/C120H82N4O4/c1-71-26-13-18-38-105(71)123(108-40-24-36-94-90-32-15-20-43-112(90)126-116(94)108)87-53-48-76-63-98-99-64-77-49-54-88(60-81(77)69-104(99)120(5,6)103(98)68-80(76)59-87)124(109-41-25-37-95-91-33-16-21-44-113(91)127-117(95)109)106-55-50-73(56-72(106)2)82-65-100-92-34-17-22-45-114(92)128-118(100)110(70-82)122(84-29-11-8-12-30-84)86-52-47-75-62-97-96-61-74-46-51-85(57-78(74)66-101(96)119(3,4)102(97)67-79(75)58-86)121(83-27-9-7-10-28-83)107-39-23-35-93-89-31-14-19-42-111(89)125-115(93)107/h7-70H,1-6H3. The van der Waals surface area contributed by atoms with Gasteiger partial charge in [0.05, 0.1) is 22.7 Å². The molecule has 0 saturated heterocycles. The zero-order valence-corrected chi connectivity index (χ0v) is 71.4. The topological polar surface area (TPSA) is 65.5 Å². The Morgan fingerprint density at radius 1 is 0.188 bits per heavy atom. The average Bonchev–Trinajstić information content (AvgIpc) is 1.55. The summed E-state index contributed by atoms with van der Waals surface area (Å²) in [7, 11) is 0. The van der Waals surface area contributed by atoms with Crippen LogP contribution < -0.4 is 19.6 Å². The Labute approximate surface area is 738 Å². The van der Waals surface area contributed by atoms with Gasteiger partial charge in [-0.15, -0.1) is 0 Å². The predicted octanol–water partition coefficient (Wildman–Crippen LogP) is 34.7. The number of anilines is 12. The van der Waals surface area contributed by atoms with Gasteiger partial charge in [-0.25, -0.2) is 0 Å². The molecule has 4 heterocycles. The van der Waals surface area contributed by atoms with E-state index >= 15 is 0 Å².